The standard InChI is InChI=1S/C11H18N2S2/c1-8-9(2)15-11(13-8)6-12-10-4-3-5-14-7-10/h10,12H,3-7H2,1-2H3. The van der Waals surface area contributed by atoms with Gasteiger partial charge in [0, 0.05) is 23.2 Å². The van der Waals surface area contributed by atoms with Gasteiger partial charge >= 0.3 is 0 Å². The lowest BCUT2D eigenvalue weighted by Gasteiger charge is -2.21. The molecule has 2 rings (SSSR count). The van der Waals surface area contributed by atoms with Crippen molar-refractivity contribution in [3.8, 4) is 0 Å². The minimum absolute atomic E-state index is 0.702. The summed E-state index contributed by atoms with van der Waals surface area (Å²) in [6.07, 6.45) is 2.69. The van der Waals surface area contributed by atoms with E-state index in [0.29, 0.717) is 6.04 Å². The number of thioether (sulfide) groups is 1. The summed E-state index contributed by atoms with van der Waals surface area (Å²) in [5.74, 6) is 2.61. The van der Waals surface area contributed by atoms with E-state index in [0.717, 1.165) is 6.54 Å². The van der Waals surface area contributed by atoms with Gasteiger partial charge in [-0.25, -0.2) is 4.98 Å². The molecule has 1 atom stereocenters. The molecule has 1 unspecified atom stereocenters. The number of nitrogens with one attached hydrogen (secondary N) is 1. The van der Waals surface area contributed by atoms with Crippen LogP contribution in [0.2, 0.25) is 0 Å². The van der Waals surface area contributed by atoms with Crippen LogP contribution >= 0.6 is 23.1 Å². The molecule has 1 aromatic heterocycles. The van der Waals surface area contributed by atoms with Crippen LogP contribution in [0.4, 0.5) is 0 Å². The second-order valence-electron chi connectivity index (χ2n) is 4.04. The van der Waals surface area contributed by atoms with Crippen LogP contribution in [-0.2, 0) is 6.54 Å². The van der Waals surface area contributed by atoms with Gasteiger partial charge < -0.3 is 5.32 Å². The maximum Gasteiger partial charge on any atom is 0.107 e. The van der Waals surface area contributed by atoms with Crippen LogP contribution in [0.1, 0.15) is 28.4 Å². The normalized spacial score (nSPS) is 21.9. The van der Waals surface area contributed by atoms with E-state index in [4.69, 9.17) is 0 Å². The van der Waals surface area contributed by atoms with Crippen LogP contribution in [0.15, 0.2) is 0 Å². The van der Waals surface area contributed by atoms with E-state index in [1.165, 1.54) is 39.9 Å². The first-order valence-corrected chi connectivity index (χ1v) is 7.47. The van der Waals surface area contributed by atoms with Gasteiger partial charge in [-0.15, -0.1) is 11.3 Å². The highest BCUT2D eigenvalue weighted by Gasteiger charge is 2.13. The number of thiazole rings is 1. The van der Waals surface area contributed by atoms with Gasteiger partial charge in [0.05, 0.1) is 5.69 Å². The Kier molecular flexibility index (Phi) is 4.05. The topological polar surface area (TPSA) is 24.9 Å². The van der Waals surface area contributed by atoms with Crippen molar-refractivity contribution in [1.29, 1.82) is 0 Å². The predicted octanol–water partition coefficient (Wildman–Crippen LogP) is 2.75. The number of aromatic nitrogens is 1. The van der Waals surface area contributed by atoms with Gasteiger partial charge in [0.2, 0.25) is 0 Å². The zero-order chi connectivity index (χ0) is 10.7. The molecule has 0 bridgehead atoms. The fraction of sp³-hybridized carbons (Fsp3) is 0.727. The molecule has 84 valence electrons. The Balaban J connectivity index is 1.81. The quantitative estimate of drug-likeness (QED) is 0.882. The Hall–Kier alpha value is -0.0600. The third kappa shape index (κ3) is 3.20. The van der Waals surface area contributed by atoms with Gasteiger partial charge in [-0.2, -0.15) is 11.8 Å². The Morgan fingerprint density at radius 3 is 2.93 bits per heavy atom. The molecule has 15 heavy (non-hydrogen) atoms. The fourth-order valence-corrected chi connectivity index (χ4v) is 3.74. The summed E-state index contributed by atoms with van der Waals surface area (Å²) in [5.41, 5.74) is 1.19. The van der Waals surface area contributed by atoms with Crippen molar-refractivity contribution in [3.63, 3.8) is 0 Å². The highest BCUT2D eigenvalue weighted by atomic mass is 32.2. The molecule has 0 aliphatic carbocycles. The van der Waals surface area contributed by atoms with E-state index in [2.05, 4.69) is 35.9 Å². The van der Waals surface area contributed by atoms with Crippen molar-refractivity contribution in [3.05, 3.63) is 15.6 Å². The van der Waals surface area contributed by atoms with Crippen LogP contribution in [0, 0.1) is 13.8 Å². The number of rotatable bonds is 3. The van der Waals surface area contributed by atoms with Crippen molar-refractivity contribution in [2.45, 2.75) is 39.3 Å². The number of aryl methyl sites for hydroxylation is 2. The highest BCUT2D eigenvalue weighted by molar-refractivity contribution is 7.99. The largest absolute Gasteiger partial charge is 0.307 e. The monoisotopic (exact) mass is 242 g/mol. The lowest BCUT2D eigenvalue weighted by molar-refractivity contribution is 0.507. The first-order chi connectivity index (χ1) is 7.25. The molecule has 1 aliphatic heterocycles. The Morgan fingerprint density at radius 2 is 2.33 bits per heavy atom. The lowest BCUT2D eigenvalue weighted by atomic mass is 10.2. The molecule has 0 radical (unpaired) electrons. The minimum atomic E-state index is 0.702. The molecule has 2 heterocycles. The zero-order valence-electron chi connectivity index (χ0n) is 9.38. The van der Waals surface area contributed by atoms with E-state index < -0.39 is 0 Å². The number of hydrogen-bond acceptors (Lipinski definition) is 4. The van der Waals surface area contributed by atoms with Crippen molar-refractivity contribution >= 4 is 23.1 Å². The SMILES string of the molecule is Cc1nc(CNC2CCCSC2)sc1C. The molecule has 1 saturated heterocycles. The van der Waals surface area contributed by atoms with Crippen LogP contribution < -0.4 is 5.32 Å². The summed E-state index contributed by atoms with van der Waals surface area (Å²) < 4.78 is 0. The van der Waals surface area contributed by atoms with Gasteiger partial charge in [0.15, 0.2) is 0 Å². The molecule has 0 aromatic carbocycles. The summed E-state index contributed by atoms with van der Waals surface area (Å²) in [7, 11) is 0. The van der Waals surface area contributed by atoms with Crippen molar-refractivity contribution in [1.82, 2.24) is 10.3 Å². The molecule has 0 saturated carbocycles. The fourth-order valence-electron chi connectivity index (χ4n) is 1.75. The average molecular weight is 242 g/mol. The molecule has 0 spiro atoms. The summed E-state index contributed by atoms with van der Waals surface area (Å²) in [5, 5.41) is 4.84. The van der Waals surface area contributed by atoms with E-state index in [9.17, 15) is 0 Å². The van der Waals surface area contributed by atoms with Gasteiger partial charge in [0.1, 0.15) is 5.01 Å². The molecule has 1 fully saturated rings. The number of nitrogens with zero attached hydrogens (tertiary/aromatic N) is 1. The van der Waals surface area contributed by atoms with Gasteiger partial charge in [-0.05, 0) is 32.4 Å². The van der Waals surface area contributed by atoms with E-state index in [1.807, 2.05) is 11.3 Å². The Morgan fingerprint density at radius 1 is 1.47 bits per heavy atom. The average Bonchev–Trinajstić information content (AvgIpc) is 2.57. The Labute approximate surface area is 99.9 Å². The molecule has 4 heteroatoms. The highest BCUT2D eigenvalue weighted by Crippen LogP contribution is 2.19. The second kappa shape index (κ2) is 5.32. The summed E-state index contributed by atoms with van der Waals surface area (Å²) in [4.78, 5) is 5.90. The smallest absolute Gasteiger partial charge is 0.107 e. The number of hydrogen-bond donors (Lipinski definition) is 1. The maximum absolute atomic E-state index is 4.54. The lowest BCUT2D eigenvalue weighted by Crippen LogP contribution is -2.33. The van der Waals surface area contributed by atoms with Crippen molar-refractivity contribution < 1.29 is 0 Å². The maximum atomic E-state index is 4.54. The van der Waals surface area contributed by atoms with Crippen LogP contribution in [0.25, 0.3) is 0 Å². The third-order valence-electron chi connectivity index (χ3n) is 2.78. The van der Waals surface area contributed by atoms with E-state index in [-0.39, 0.29) is 0 Å². The summed E-state index contributed by atoms with van der Waals surface area (Å²) >= 11 is 3.89. The second-order valence-corrected chi connectivity index (χ2v) is 6.48. The minimum Gasteiger partial charge on any atom is -0.307 e. The van der Waals surface area contributed by atoms with Gasteiger partial charge in [0.25, 0.3) is 0 Å². The van der Waals surface area contributed by atoms with Gasteiger partial charge in [-0.3, -0.25) is 0 Å². The first kappa shape index (κ1) is 11.4. The van der Waals surface area contributed by atoms with Crippen molar-refractivity contribution in [2.24, 2.45) is 0 Å². The molecule has 2 nitrogen and oxygen atoms in total. The van der Waals surface area contributed by atoms with E-state index in [1.54, 1.807) is 0 Å². The Bertz CT molecular complexity index is 297. The summed E-state index contributed by atoms with van der Waals surface area (Å²) in [6.45, 7) is 5.18. The van der Waals surface area contributed by atoms with Gasteiger partial charge in [-0.1, -0.05) is 0 Å². The molecule has 1 N–H and O–H groups in total. The first-order valence-electron chi connectivity index (χ1n) is 5.50. The molecule has 1 aliphatic rings. The van der Waals surface area contributed by atoms with E-state index >= 15 is 0 Å². The zero-order valence-corrected chi connectivity index (χ0v) is 11.0. The molecule has 1 aromatic rings. The molecular formula is C11H18N2S2. The third-order valence-corrected chi connectivity index (χ3v) is 5.06. The molecular weight excluding hydrogens is 224 g/mol. The van der Waals surface area contributed by atoms with Crippen molar-refractivity contribution in [2.75, 3.05) is 11.5 Å². The summed E-state index contributed by atoms with van der Waals surface area (Å²) in [6, 6.07) is 0.702. The predicted molar refractivity (Wildman–Crippen MR) is 68.8 cm³/mol. The van der Waals surface area contributed by atoms with Crippen LogP contribution in [0.5, 0.6) is 0 Å². The molecule has 0 amide bonds. The van der Waals surface area contributed by atoms with Crippen LogP contribution in [-0.4, -0.2) is 22.5 Å². The van der Waals surface area contributed by atoms with Crippen LogP contribution in [0.3, 0.4) is 0 Å².